The van der Waals surface area contributed by atoms with Crippen LogP contribution in [-0.4, -0.2) is 76.3 Å². The number of amides is 4. The first kappa shape index (κ1) is 24.6. The van der Waals surface area contributed by atoms with Crippen LogP contribution < -0.4 is 27.4 Å². The molecule has 0 radical (unpaired) electrons. The van der Waals surface area contributed by atoms with E-state index in [9.17, 15) is 24.0 Å². The van der Waals surface area contributed by atoms with E-state index in [2.05, 4.69) is 28.6 Å². The average Bonchev–Trinajstić information content (AvgIpc) is 2.60. The number of primary amides is 1. The largest absolute Gasteiger partial charge is 0.480 e. The zero-order valence-corrected chi connectivity index (χ0v) is 15.6. The summed E-state index contributed by atoms with van der Waals surface area (Å²) in [5, 5.41) is 24.6. The van der Waals surface area contributed by atoms with Crippen LogP contribution >= 0.6 is 12.6 Å². The lowest BCUT2D eigenvalue weighted by Gasteiger charge is -2.22. The number of nitrogens with one attached hydrogen (secondary N) is 3. The average molecular weight is 407 g/mol. The Morgan fingerprint density at radius 1 is 1.00 bits per heavy atom. The molecule has 0 aliphatic rings. The monoisotopic (exact) mass is 407 g/mol. The van der Waals surface area contributed by atoms with Crippen LogP contribution in [-0.2, 0) is 24.0 Å². The molecule has 0 bridgehead atoms. The van der Waals surface area contributed by atoms with E-state index in [-0.39, 0.29) is 18.6 Å². The smallest absolute Gasteiger partial charge is 0.326 e. The summed E-state index contributed by atoms with van der Waals surface area (Å²) in [6, 6.07) is -4.84. The second kappa shape index (κ2) is 12.1. The van der Waals surface area contributed by atoms with Crippen LogP contribution in [0.25, 0.3) is 0 Å². The van der Waals surface area contributed by atoms with Gasteiger partial charge in [-0.3, -0.25) is 19.2 Å². The van der Waals surface area contributed by atoms with Crippen molar-refractivity contribution in [3.63, 3.8) is 0 Å². The molecule has 0 spiro atoms. The fraction of sp³-hybridized carbons (Fsp3) is 0.643. The number of aliphatic carboxylic acids is 1. The van der Waals surface area contributed by atoms with Gasteiger partial charge in [0.2, 0.25) is 23.6 Å². The first-order chi connectivity index (χ1) is 12.5. The lowest BCUT2D eigenvalue weighted by Crippen LogP contribution is -2.57. The summed E-state index contributed by atoms with van der Waals surface area (Å²) in [5.41, 5.74) is 10.3. The molecule has 13 heteroatoms. The van der Waals surface area contributed by atoms with Crippen molar-refractivity contribution in [1.82, 2.24) is 16.0 Å². The van der Waals surface area contributed by atoms with Crippen molar-refractivity contribution < 1.29 is 34.2 Å². The number of carboxylic acids is 1. The zero-order chi connectivity index (χ0) is 21.1. The Kier molecular flexibility index (Phi) is 11.0. The van der Waals surface area contributed by atoms with Gasteiger partial charge in [-0.15, -0.1) is 0 Å². The fourth-order valence-corrected chi connectivity index (χ4v) is 2.03. The van der Waals surface area contributed by atoms with Crippen molar-refractivity contribution in [3.05, 3.63) is 0 Å². The van der Waals surface area contributed by atoms with Crippen molar-refractivity contribution in [2.75, 3.05) is 12.4 Å². The minimum atomic E-state index is -1.37. The van der Waals surface area contributed by atoms with E-state index in [4.69, 9.17) is 21.7 Å². The van der Waals surface area contributed by atoms with Crippen LogP contribution in [0.1, 0.15) is 19.8 Å². The molecule has 0 fully saturated rings. The Morgan fingerprint density at radius 2 is 1.56 bits per heavy atom. The molecular formula is C14H25N5O7S. The van der Waals surface area contributed by atoms with Gasteiger partial charge in [0.05, 0.1) is 6.61 Å². The van der Waals surface area contributed by atoms with Crippen molar-refractivity contribution in [2.24, 2.45) is 11.5 Å². The van der Waals surface area contributed by atoms with Crippen molar-refractivity contribution >= 4 is 42.2 Å². The number of thiol groups is 1. The topological polar surface area (TPSA) is 214 Å². The van der Waals surface area contributed by atoms with Gasteiger partial charge in [0.25, 0.3) is 0 Å². The number of aliphatic hydroxyl groups excluding tert-OH is 1. The molecule has 27 heavy (non-hydrogen) atoms. The molecule has 0 aromatic rings. The zero-order valence-electron chi connectivity index (χ0n) is 14.7. The predicted molar refractivity (Wildman–Crippen MR) is 96.4 cm³/mol. The summed E-state index contributed by atoms with van der Waals surface area (Å²) in [5.74, 6) is -4.58. The van der Waals surface area contributed by atoms with Gasteiger partial charge in [0, 0.05) is 12.2 Å². The van der Waals surface area contributed by atoms with Crippen molar-refractivity contribution in [3.8, 4) is 0 Å². The van der Waals surface area contributed by atoms with Crippen LogP contribution in [0.5, 0.6) is 0 Å². The normalized spacial score (nSPS) is 15.0. The number of hydrogen-bond acceptors (Lipinski definition) is 8. The van der Waals surface area contributed by atoms with E-state index in [1.165, 1.54) is 6.92 Å². The maximum absolute atomic E-state index is 12.2. The maximum atomic E-state index is 12.2. The van der Waals surface area contributed by atoms with Gasteiger partial charge in [-0.1, -0.05) is 0 Å². The Bertz CT molecular complexity index is 574. The van der Waals surface area contributed by atoms with Crippen molar-refractivity contribution in [1.29, 1.82) is 0 Å². The number of carbonyl (C=O) groups excluding carboxylic acids is 4. The fourth-order valence-electron chi connectivity index (χ4n) is 1.78. The molecule has 4 unspecified atom stereocenters. The van der Waals surface area contributed by atoms with E-state index < -0.39 is 60.4 Å². The van der Waals surface area contributed by atoms with Gasteiger partial charge in [0.15, 0.2) is 0 Å². The van der Waals surface area contributed by atoms with Gasteiger partial charge >= 0.3 is 5.97 Å². The number of rotatable bonds is 12. The Morgan fingerprint density at radius 3 is 2.00 bits per heavy atom. The molecule has 4 amide bonds. The highest BCUT2D eigenvalue weighted by atomic mass is 32.1. The van der Waals surface area contributed by atoms with Crippen LogP contribution in [0, 0.1) is 0 Å². The third-order valence-corrected chi connectivity index (χ3v) is 3.76. The van der Waals surface area contributed by atoms with Gasteiger partial charge in [0.1, 0.15) is 24.2 Å². The second-order valence-corrected chi connectivity index (χ2v) is 6.03. The number of hydrogen-bond donors (Lipinski definition) is 8. The van der Waals surface area contributed by atoms with E-state index >= 15 is 0 Å². The molecule has 0 saturated carbocycles. The lowest BCUT2D eigenvalue weighted by molar-refractivity contribution is -0.142. The van der Waals surface area contributed by atoms with Gasteiger partial charge < -0.3 is 37.6 Å². The Labute approximate surface area is 160 Å². The Hall–Kier alpha value is -2.38. The summed E-state index contributed by atoms with van der Waals surface area (Å²) < 4.78 is 0. The first-order valence-corrected chi connectivity index (χ1v) is 8.56. The lowest BCUT2D eigenvalue weighted by atomic mass is 10.1. The van der Waals surface area contributed by atoms with E-state index in [0.717, 1.165) is 0 Å². The van der Waals surface area contributed by atoms with E-state index in [0.29, 0.717) is 0 Å². The van der Waals surface area contributed by atoms with Crippen molar-refractivity contribution in [2.45, 2.75) is 43.9 Å². The van der Waals surface area contributed by atoms with Crippen LogP contribution in [0.15, 0.2) is 0 Å². The minimum Gasteiger partial charge on any atom is -0.480 e. The predicted octanol–water partition coefficient (Wildman–Crippen LogP) is -3.94. The highest BCUT2D eigenvalue weighted by Gasteiger charge is 2.28. The van der Waals surface area contributed by atoms with Crippen LogP contribution in [0.4, 0.5) is 0 Å². The maximum Gasteiger partial charge on any atom is 0.326 e. The molecule has 154 valence electrons. The SMILES string of the molecule is CC(NC(=O)C(N)CO)C(=O)NC(CS)C(=O)NC(CCC(N)=O)C(=O)O. The van der Waals surface area contributed by atoms with E-state index in [1.54, 1.807) is 0 Å². The second-order valence-electron chi connectivity index (χ2n) is 5.67. The Balaban J connectivity index is 4.81. The third kappa shape index (κ3) is 9.21. The van der Waals surface area contributed by atoms with E-state index in [1.807, 2.05) is 0 Å². The molecular weight excluding hydrogens is 382 g/mol. The molecule has 0 aliphatic heterocycles. The molecule has 0 heterocycles. The number of aliphatic hydroxyl groups is 1. The molecule has 9 N–H and O–H groups in total. The summed E-state index contributed by atoms with van der Waals surface area (Å²) in [6.07, 6.45) is -0.460. The molecule has 0 aliphatic carbocycles. The number of carboxylic acid groups (broad SMARTS) is 1. The molecule has 0 saturated heterocycles. The molecule has 12 nitrogen and oxygen atoms in total. The first-order valence-electron chi connectivity index (χ1n) is 7.93. The molecule has 0 aromatic heterocycles. The summed E-state index contributed by atoms with van der Waals surface area (Å²) in [4.78, 5) is 57.7. The highest BCUT2D eigenvalue weighted by molar-refractivity contribution is 7.80. The summed E-state index contributed by atoms with van der Waals surface area (Å²) in [7, 11) is 0. The van der Waals surface area contributed by atoms with Gasteiger partial charge in [-0.25, -0.2) is 4.79 Å². The molecule has 4 atom stereocenters. The quantitative estimate of drug-likeness (QED) is 0.149. The minimum absolute atomic E-state index is 0.156. The third-order valence-electron chi connectivity index (χ3n) is 3.40. The summed E-state index contributed by atoms with van der Waals surface area (Å²) >= 11 is 3.94. The highest BCUT2D eigenvalue weighted by Crippen LogP contribution is 2.00. The number of nitrogens with two attached hydrogens (primary N) is 2. The molecule has 0 rings (SSSR count). The number of carbonyl (C=O) groups is 5. The van der Waals surface area contributed by atoms with Gasteiger partial charge in [-0.2, -0.15) is 12.6 Å². The van der Waals surface area contributed by atoms with Crippen LogP contribution in [0.3, 0.4) is 0 Å². The standard InChI is InChI=1S/C14H25N5O7S/c1-6(17-12(23)7(15)4-20)11(22)19-9(5-27)13(24)18-8(14(25)26)2-3-10(16)21/h6-9,20,27H,2-5,15H2,1H3,(H2,16,21)(H,17,23)(H,18,24)(H,19,22)(H,25,26). The molecule has 0 aromatic carbocycles. The van der Waals surface area contributed by atoms with Gasteiger partial charge in [-0.05, 0) is 13.3 Å². The van der Waals surface area contributed by atoms with Crippen LogP contribution in [0.2, 0.25) is 0 Å². The summed E-state index contributed by atoms with van der Waals surface area (Å²) in [6.45, 7) is 0.724.